The van der Waals surface area contributed by atoms with Crippen LogP contribution in [0.5, 0.6) is 0 Å². The van der Waals surface area contributed by atoms with Crippen LogP contribution in [0.4, 0.5) is 0 Å². The van der Waals surface area contributed by atoms with Crippen molar-refractivity contribution >= 4 is 23.5 Å². The first-order valence-electron chi connectivity index (χ1n) is 9.16. The average molecular weight is 387 g/mol. The maximum Gasteiger partial charge on any atom is 0.337 e. The Hall–Kier alpha value is -2.40. The molecule has 2 heterocycles. The zero-order valence-corrected chi connectivity index (χ0v) is 16.2. The van der Waals surface area contributed by atoms with Crippen LogP contribution in [0.3, 0.4) is 0 Å². The summed E-state index contributed by atoms with van der Waals surface area (Å²) in [5.41, 5.74) is 1.97. The quantitative estimate of drug-likeness (QED) is 0.800. The number of carbonyl (C=O) groups excluding carboxylic acids is 1. The second kappa shape index (κ2) is 8.09. The van der Waals surface area contributed by atoms with Gasteiger partial charge in [0.05, 0.1) is 23.0 Å². The lowest BCUT2D eigenvalue weighted by molar-refractivity contribution is -0.133. The van der Waals surface area contributed by atoms with Crippen molar-refractivity contribution in [3.8, 4) is 11.3 Å². The van der Waals surface area contributed by atoms with Crippen molar-refractivity contribution in [2.45, 2.75) is 39.2 Å². The van der Waals surface area contributed by atoms with Gasteiger partial charge in [-0.3, -0.25) is 4.79 Å². The highest BCUT2D eigenvalue weighted by molar-refractivity contribution is 6.30. The van der Waals surface area contributed by atoms with E-state index in [1.807, 2.05) is 18.7 Å². The van der Waals surface area contributed by atoms with E-state index in [-0.39, 0.29) is 17.5 Å². The van der Waals surface area contributed by atoms with E-state index < -0.39 is 5.97 Å². The molecule has 27 heavy (non-hydrogen) atoms. The molecule has 0 saturated carbocycles. The van der Waals surface area contributed by atoms with Gasteiger partial charge in [0.1, 0.15) is 0 Å². The van der Waals surface area contributed by atoms with Crippen molar-refractivity contribution in [3.05, 3.63) is 52.7 Å². The van der Waals surface area contributed by atoms with E-state index in [9.17, 15) is 14.7 Å². The number of hydrogen-bond donors (Lipinski definition) is 1. The first-order valence-corrected chi connectivity index (χ1v) is 9.54. The van der Waals surface area contributed by atoms with Gasteiger partial charge >= 0.3 is 5.97 Å². The number of rotatable bonds is 5. The number of amides is 1. The Balaban J connectivity index is 1.99. The molecule has 142 valence electrons. The standard InChI is InChI=1S/C21H23ClN2O3/c1-13(2)12-19(25)24-11-3-4-18(24)17-10-9-16(21(26)27)20(23-17)14-5-7-15(22)8-6-14/h5-10,13,18H,3-4,11-12H2,1-2H3,(H,26,27)/t18-/m0/s1. The van der Waals surface area contributed by atoms with Gasteiger partial charge in [-0.05, 0) is 43.0 Å². The van der Waals surface area contributed by atoms with Crippen LogP contribution in [0.15, 0.2) is 36.4 Å². The van der Waals surface area contributed by atoms with E-state index in [2.05, 4.69) is 4.98 Å². The summed E-state index contributed by atoms with van der Waals surface area (Å²) in [5, 5.41) is 10.1. The van der Waals surface area contributed by atoms with E-state index in [0.29, 0.717) is 28.6 Å². The van der Waals surface area contributed by atoms with Gasteiger partial charge in [-0.15, -0.1) is 0 Å². The zero-order valence-electron chi connectivity index (χ0n) is 15.5. The second-order valence-electron chi connectivity index (χ2n) is 7.29. The molecule has 5 nitrogen and oxygen atoms in total. The number of hydrogen-bond acceptors (Lipinski definition) is 3. The zero-order chi connectivity index (χ0) is 19.6. The highest BCUT2D eigenvalue weighted by atomic mass is 35.5. The highest BCUT2D eigenvalue weighted by Gasteiger charge is 2.31. The average Bonchev–Trinajstić information content (AvgIpc) is 3.11. The van der Waals surface area contributed by atoms with Crippen molar-refractivity contribution in [3.63, 3.8) is 0 Å². The molecular formula is C21H23ClN2O3. The Morgan fingerprint density at radius 3 is 2.56 bits per heavy atom. The van der Waals surface area contributed by atoms with Crippen molar-refractivity contribution in [1.82, 2.24) is 9.88 Å². The number of aromatic nitrogens is 1. The molecule has 3 rings (SSSR count). The number of halogens is 1. The number of likely N-dealkylation sites (tertiary alicyclic amines) is 1. The SMILES string of the molecule is CC(C)CC(=O)N1CCC[C@H]1c1ccc(C(=O)O)c(-c2ccc(Cl)cc2)n1. The van der Waals surface area contributed by atoms with E-state index in [1.54, 1.807) is 36.4 Å². The van der Waals surface area contributed by atoms with Crippen LogP contribution in [0.2, 0.25) is 5.02 Å². The number of benzene rings is 1. The van der Waals surface area contributed by atoms with Gasteiger partial charge in [-0.25, -0.2) is 9.78 Å². The Kier molecular flexibility index (Phi) is 5.80. The normalized spacial score (nSPS) is 16.7. The first kappa shape index (κ1) is 19.4. The van der Waals surface area contributed by atoms with Gasteiger partial charge in [0, 0.05) is 23.6 Å². The fourth-order valence-electron chi connectivity index (χ4n) is 3.50. The van der Waals surface area contributed by atoms with Crippen LogP contribution in [-0.2, 0) is 4.79 Å². The van der Waals surface area contributed by atoms with Gasteiger partial charge < -0.3 is 10.0 Å². The third-order valence-electron chi connectivity index (χ3n) is 4.76. The molecule has 0 spiro atoms. The summed E-state index contributed by atoms with van der Waals surface area (Å²) in [6.07, 6.45) is 2.27. The smallest absolute Gasteiger partial charge is 0.337 e. The predicted molar refractivity (Wildman–Crippen MR) is 105 cm³/mol. The summed E-state index contributed by atoms with van der Waals surface area (Å²) in [6.45, 7) is 4.78. The van der Waals surface area contributed by atoms with E-state index in [4.69, 9.17) is 11.6 Å². The van der Waals surface area contributed by atoms with Gasteiger partial charge in [0.25, 0.3) is 0 Å². The lowest BCUT2D eigenvalue weighted by Crippen LogP contribution is -2.31. The van der Waals surface area contributed by atoms with Crippen molar-refractivity contribution in [2.75, 3.05) is 6.54 Å². The monoisotopic (exact) mass is 386 g/mol. The van der Waals surface area contributed by atoms with Crippen molar-refractivity contribution in [1.29, 1.82) is 0 Å². The summed E-state index contributed by atoms with van der Waals surface area (Å²) in [7, 11) is 0. The molecule has 0 unspecified atom stereocenters. The predicted octanol–water partition coefficient (Wildman–Crippen LogP) is 4.81. The van der Waals surface area contributed by atoms with E-state index in [0.717, 1.165) is 25.1 Å². The molecule has 1 aliphatic heterocycles. The summed E-state index contributed by atoms with van der Waals surface area (Å²) in [6, 6.07) is 10.2. The number of nitrogens with zero attached hydrogens (tertiary/aromatic N) is 2. The van der Waals surface area contributed by atoms with Gasteiger partial charge in [0.15, 0.2) is 0 Å². The Labute approximate surface area is 164 Å². The minimum Gasteiger partial charge on any atom is -0.478 e. The minimum atomic E-state index is -1.03. The fraction of sp³-hybridized carbons (Fsp3) is 0.381. The topological polar surface area (TPSA) is 70.5 Å². The van der Waals surface area contributed by atoms with Crippen LogP contribution in [0.1, 0.15) is 55.2 Å². The number of carboxylic acids is 1. The Morgan fingerprint density at radius 2 is 1.93 bits per heavy atom. The molecule has 0 radical (unpaired) electrons. The summed E-state index contributed by atoms with van der Waals surface area (Å²) < 4.78 is 0. The van der Waals surface area contributed by atoms with Gasteiger partial charge in [-0.2, -0.15) is 0 Å². The Morgan fingerprint density at radius 1 is 1.22 bits per heavy atom. The maximum atomic E-state index is 12.6. The molecule has 1 N–H and O–H groups in total. The lowest BCUT2D eigenvalue weighted by Gasteiger charge is -2.25. The molecular weight excluding hydrogens is 364 g/mol. The van der Waals surface area contributed by atoms with Gasteiger partial charge in [-0.1, -0.05) is 37.6 Å². The first-order chi connectivity index (χ1) is 12.9. The van der Waals surface area contributed by atoms with Crippen molar-refractivity contribution in [2.24, 2.45) is 5.92 Å². The molecule has 1 aromatic carbocycles. The number of pyridine rings is 1. The molecule has 1 amide bonds. The molecule has 1 aromatic heterocycles. The lowest BCUT2D eigenvalue weighted by atomic mass is 10.0. The Bertz CT molecular complexity index is 849. The van der Waals surface area contributed by atoms with E-state index in [1.165, 1.54) is 0 Å². The molecule has 1 aliphatic rings. The third kappa shape index (κ3) is 4.30. The fourth-order valence-corrected chi connectivity index (χ4v) is 3.63. The highest BCUT2D eigenvalue weighted by Crippen LogP contribution is 2.34. The molecule has 1 atom stereocenters. The molecule has 6 heteroatoms. The molecule has 2 aromatic rings. The van der Waals surface area contributed by atoms with Crippen LogP contribution < -0.4 is 0 Å². The maximum absolute atomic E-state index is 12.6. The summed E-state index contributed by atoms with van der Waals surface area (Å²) in [4.78, 5) is 30.8. The largest absolute Gasteiger partial charge is 0.478 e. The van der Waals surface area contributed by atoms with Gasteiger partial charge in [0.2, 0.25) is 5.91 Å². The van der Waals surface area contributed by atoms with Crippen molar-refractivity contribution < 1.29 is 14.7 Å². The second-order valence-corrected chi connectivity index (χ2v) is 7.72. The number of aromatic carboxylic acids is 1. The molecule has 1 saturated heterocycles. The van der Waals surface area contributed by atoms with Crippen LogP contribution in [0.25, 0.3) is 11.3 Å². The number of carbonyl (C=O) groups is 2. The molecule has 0 bridgehead atoms. The third-order valence-corrected chi connectivity index (χ3v) is 5.01. The minimum absolute atomic E-state index is 0.106. The van der Waals surface area contributed by atoms with E-state index >= 15 is 0 Å². The number of carboxylic acid groups (broad SMARTS) is 1. The van der Waals surface area contributed by atoms with Crippen LogP contribution >= 0.6 is 11.6 Å². The van der Waals surface area contributed by atoms with Crippen LogP contribution in [0, 0.1) is 5.92 Å². The molecule has 0 aliphatic carbocycles. The molecule has 1 fully saturated rings. The summed E-state index contributed by atoms with van der Waals surface area (Å²) >= 11 is 5.95. The summed E-state index contributed by atoms with van der Waals surface area (Å²) in [5.74, 6) is -0.603. The van der Waals surface area contributed by atoms with Crippen LogP contribution in [-0.4, -0.2) is 33.4 Å².